The van der Waals surface area contributed by atoms with Gasteiger partial charge in [-0.05, 0) is 76.1 Å². The second-order valence-electron chi connectivity index (χ2n) is 6.46. The maximum Gasteiger partial charge on any atom is 0.209 e. The maximum absolute atomic E-state index is 5.93. The third kappa shape index (κ3) is 5.46. The lowest BCUT2D eigenvalue weighted by molar-refractivity contribution is 0.160. The smallest absolute Gasteiger partial charge is 0.209 e. The predicted octanol–water partition coefficient (Wildman–Crippen LogP) is 3.59. The second kappa shape index (κ2) is 9.80. The summed E-state index contributed by atoms with van der Waals surface area (Å²) >= 11 is 0. The van der Waals surface area contributed by atoms with Gasteiger partial charge in [-0.2, -0.15) is 0 Å². The molecule has 2 aromatic rings. The average molecular weight is 366 g/mol. The lowest BCUT2D eigenvalue weighted by Crippen LogP contribution is -2.34. The van der Waals surface area contributed by atoms with E-state index < -0.39 is 0 Å². The van der Waals surface area contributed by atoms with Gasteiger partial charge in [0, 0.05) is 5.56 Å². The molecule has 0 amide bonds. The Labute approximate surface area is 156 Å². The van der Waals surface area contributed by atoms with Crippen molar-refractivity contribution in [2.45, 2.75) is 25.8 Å². The van der Waals surface area contributed by atoms with Gasteiger partial charge in [0.25, 0.3) is 0 Å². The van der Waals surface area contributed by atoms with Crippen molar-refractivity contribution in [1.82, 2.24) is 15.2 Å². The Bertz CT molecular complexity index is 622. The lowest BCUT2D eigenvalue weighted by Gasteiger charge is -2.31. The summed E-state index contributed by atoms with van der Waals surface area (Å²) < 4.78 is 11.1. The fourth-order valence-electron chi connectivity index (χ4n) is 3.25. The van der Waals surface area contributed by atoms with E-state index in [1.807, 2.05) is 37.5 Å². The van der Waals surface area contributed by atoms with Crippen LogP contribution in [0, 0.1) is 5.92 Å². The van der Waals surface area contributed by atoms with Crippen molar-refractivity contribution >= 4 is 12.4 Å². The molecule has 5 nitrogen and oxygen atoms in total. The first kappa shape index (κ1) is 19.8. The molecule has 0 unspecified atom stereocenters. The standard InChI is InChI=1S/C19H27N3O2.ClH/c1-20-10-7-15-8-11-22(12-9-15)14-19-21-13-18(24-19)16-3-5-17(23-2)6-4-16;/h3-6,13,15,20H,7-12,14H2,1-2H3;1H. The minimum Gasteiger partial charge on any atom is -0.497 e. The van der Waals surface area contributed by atoms with Crippen molar-refractivity contribution in [2.75, 3.05) is 33.8 Å². The molecule has 1 aromatic heterocycles. The van der Waals surface area contributed by atoms with Gasteiger partial charge in [-0.25, -0.2) is 4.98 Å². The van der Waals surface area contributed by atoms with Crippen LogP contribution in [0.5, 0.6) is 5.75 Å². The topological polar surface area (TPSA) is 50.5 Å². The van der Waals surface area contributed by atoms with Gasteiger partial charge in [0.2, 0.25) is 5.89 Å². The molecule has 0 radical (unpaired) electrons. The third-order valence-corrected chi connectivity index (χ3v) is 4.80. The van der Waals surface area contributed by atoms with E-state index in [0.29, 0.717) is 0 Å². The van der Waals surface area contributed by atoms with Crippen molar-refractivity contribution in [3.8, 4) is 17.1 Å². The number of halogens is 1. The highest BCUT2D eigenvalue weighted by Gasteiger charge is 2.20. The van der Waals surface area contributed by atoms with Gasteiger partial charge >= 0.3 is 0 Å². The number of aromatic nitrogens is 1. The van der Waals surface area contributed by atoms with Gasteiger partial charge in [-0.3, -0.25) is 4.90 Å². The summed E-state index contributed by atoms with van der Waals surface area (Å²) in [5, 5.41) is 3.25. The van der Waals surface area contributed by atoms with Gasteiger partial charge in [0.1, 0.15) is 5.75 Å². The number of ether oxygens (including phenoxy) is 1. The minimum absolute atomic E-state index is 0. The van der Waals surface area contributed by atoms with Crippen LogP contribution >= 0.6 is 12.4 Å². The number of nitrogens with one attached hydrogen (secondary N) is 1. The molecule has 1 saturated heterocycles. The van der Waals surface area contributed by atoms with Crippen LogP contribution in [-0.2, 0) is 6.54 Å². The first-order chi connectivity index (χ1) is 11.8. The van der Waals surface area contributed by atoms with Crippen LogP contribution < -0.4 is 10.1 Å². The zero-order valence-electron chi connectivity index (χ0n) is 15.0. The number of benzene rings is 1. The van der Waals surface area contributed by atoms with Crippen molar-refractivity contribution in [3.63, 3.8) is 0 Å². The number of methoxy groups -OCH3 is 1. The Morgan fingerprint density at radius 3 is 2.60 bits per heavy atom. The summed E-state index contributed by atoms with van der Waals surface area (Å²) in [4.78, 5) is 6.89. The highest BCUT2D eigenvalue weighted by molar-refractivity contribution is 5.85. The van der Waals surface area contributed by atoms with Gasteiger partial charge in [-0.1, -0.05) is 0 Å². The Morgan fingerprint density at radius 1 is 1.24 bits per heavy atom. The lowest BCUT2D eigenvalue weighted by atomic mass is 9.93. The zero-order chi connectivity index (χ0) is 16.8. The number of oxazole rings is 1. The van der Waals surface area contributed by atoms with E-state index in [2.05, 4.69) is 15.2 Å². The number of nitrogens with zero attached hydrogens (tertiary/aromatic N) is 2. The molecule has 1 aliphatic heterocycles. The second-order valence-corrected chi connectivity index (χ2v) is 6.46. The van der Waals surface area contributed by atoms with Crippen LogP contribution in [0.1, 0.15) is 25.2 Å². The Morgan fingerprint density at radius 2 is 1.96 bits per heavy atom. The van der Waals surface area contributed by atoms with E-state index in [0.717, 1.165) is 55.1 Å². The molecule has 1 aliphatic rings. The van der Waals surface area contributed by atoms with E-state index in [9.17, 15) is 0 Å². The van der Waals surface area contributed by atoms with E-state index in [-0.39, 0.29) is 12.4 Å². The Balaban J connectivity index is 0.00000225. The molecule has 0 spiro atoms. The number of likely N-dealkylation sites (tertiary alicyclic amines) is 1. The molecular weight excluding hydrogens is 338 g/mol. The van der Waals surface area contributed by atoms with E-state index in [4.69, 9.17) is 9.15 Å². The fraction of sp³-hybridized carbons (Fsp3) is 0.526. The third-order valence-electron chi connectivity index (χ3n) is 4.80. The molecule has 0 atom stereocenters. The molecule has 1 fully saturated rings. The van der Waals surface area contributed by atoms with Crippen molar-refractivity contribution in [3.05, 3.63) is 36.4 Å². The first-order valence-corrected chi connectivity index (χ1v) is 8.74. The summed E-state index contributed by atoms with van der Waals surface area (Å²) in [6, 6.07) is 7.87. The largest absolute Gasteiger partial charge is 0.497 e. The fourth-order valence-corrected chi connectivity index (χ4v) is 3.25. The first-order valence-electron chi connectivity index (χ1n) is 8.74. The monoisotopic (exact) mass is 365 g/mol. The summed E-state index contributed by atoms with van der Waals surface area (Å²) in [5.41, 5.74) is 1.03. The molecule has 0 aliphatic carbocycles. The quantitative estimate of drug-likeness (QED) is 0.812. The van der Waals surface area contributed by atoms with Crippen molar-refractivity contribution in [1.29, 1.82) is 0 Å². The molecule has 0 saturated carbocycles. The molecule has 0 bridgehead atoms. The summed E-state index contributed by atoms with van der Waals surface area (Å²) in [6.45, 7) is 4.19. The number of hydrogen-bond acceptors (Lipinski definition) is 5. The molecule has 6 heteroatoms. The molecule has 3 rings (SSSR count). The minimum atomic E-state index is 0. The summed E-state index contributed by atoms with van der Waals surface area (Å²) in [7, 11) is 3.70. The van der Waals surface area contributed by atoms with Crippen LogP contribution in [-0.4, -0.2) is 43.7 Å². The van der Waals surface area contributed by atoms with Gasteiger partial charge < -0.3 is 14.5 Å². The molecule has 1 aromatic carbocycles. The van der Waals surface area contributed by atoms with Crippen LogP contribution in [0.2, 0.25) is 0 Å². The van der Waals surface area contributed by atoms with Gasteiger partial charge in [-0.15, -0.1) is 12.4 Å². The number of rotatable bonds is 7. The Kier molecular flexibility index (Phi) is 7.75. The van der Waals surface area contributed by atoms with Crippen LogP contribution in [0.15, 0.2) is 34.9 Å². The molecule has 1 N–H and O–H groups in total. The molecular formula is C19H28ClN3O2. The van der Waals surface area contributed by atoms with Gasteiger partial charge in [0.05, 0.1) is 19.9 Å². The predicted molar refractivity (Wildman–Crippen MR) is 102 cm³/mol. The van der Waals surface area contributed by atoms with Gasteiger partial charge in [0.15, 0.2) is 5.76 Å². The highest BCUT2D eigenvalue weighted by Crippen LogP contribution is 2.25. The van der Waals surface area contributed by atoms with Crippen LogP contribution in [0.25, 0.3) is 11.3 Å². The maximum atomic E-state index is 5.93. The van der Waals surface area contributed by atoms with Crippen molar-refractivity contribution in [2.24, 2.45) is 5.92 Å². The molecule has 138 valence electrons. The summed E-state index contributed by atoms with van der Waals surface area (Å²) in [5.74, 6) is 3.32. The number of piperidine rings is 1. The summed E-state index contributed by atoms with van der Waals surface area (Å²) in [6.07, 6.45) is 5.64. The van der Waals surface area contributed by atoms with Crippen LogP contribution in [0.4, 0.5) is 0 Å². The van der Waals surface area contributed by atoms with Crippen molar-refractivity contribution < 1.29 is 9.15 Å². The molecule has 25 heavy (non-hydrogen) atoms. The normalized spacial score (nSPS) is 15.8. The average Bonchev–Trinajstić information content (AvgIpc) is 3.10. The van der Waals surface area contributed by atoms with Crippen LogP contribution in [0.3, 0.4) is 0 Å². The zero-order valence-corrected chi connectivity index (χ0v) is 15.8. The van der Waals surface area contributed by atoms with E-state index in [1.165, 1.54) is 19.3 Å². The molecule has 2 heterocycles. The Hall–Kier alpha value is -1.56. The number of hydrogen-bond donors (Lipinski definition) is 1. The SMILES string of the molecule is CNCCC1CCN(Cc2ncc(-c3ccc(OC)cc3)o2)CC1.Cl. The highest BCUT2D eigenvalue weighted by atomic mass is 35.5. The van der Waals surface area contributed by atoms with E-state index in [1.54, 1.807) is 7.11 Å². The van der Waals surface area contributed by atoms with E-state index >= 15 is 0 Å².